The lowest BCUT2D eigenvalue weighted by atomic mass is 9.97. The minimum absolute atomic E-state index is 0.0932. The number of hydrogen-bond acceptors (Lipinski definition) is 2. The van der Waals surface area contributed by atoms with E-state index < -0.39 is 11.5 Å². The van der Waals surface area contributed by atoms with Crippen LogP contribution in [0.4, 0.5) is 4.39 Å². The second-order valence-corrected chi connectivity index (χ2v) is 5.23. The average Bonchev–Trinajstić information content (AvgIpc) is 2.88. The summed E-state index contributed by atoms with van der Waals surface area (Å²) in [4.78, 5) is 23.2. The third-order valence-electron chi connectivity index (χ3n) is 3.82. The zero-order chi connectivity index (χ0) is 14.6. The molecule has 1 amide bonds. The Morgan fingerprint density at radius 1 is 1.25 bits per heavy atom. The van der Waals surface area contributed by atoms with Gasteiger partial charge in [-0.25, -0.2) is 9.18 Å². The summed E-state index contributed by atoms with van der Waals surface area (Å²) in [5.74, 6) is -1.65. The van der Waals surface area contributed by atoms with Crippen molar-refractivity contribution in [2.75, 3.05) is 0 Å². The number of carbonyl (C=O) groups excluding carboxylic acids is 1. The van der Waals surface area contributed by atoms with Crippen molar-refractivity contribution in [1.82, 2.24) is 5.32 Å². The van der Waals surface area contributed by atoms with Crippen molar-refractivity contribution in [3.05, 3.63) is 35.6 Å². The Balaban J connectivity index is 1.92. The van der Waals surface area contributed by atoms with Gasteiger partial charge in [0.05, 0.1) is 0 Å². The van der Waals surface area contributed by atoms with E-state index in [-0.39, 0.29) is 24.6 Å². The van der Waals surface area contributed by atoms with Crippen molar-refractivity contribution in [3.63, 3.8) is 0 Å². The van der Waals surface area contributed by atoms with Gasteiger partial charge in [-0.1, -0.05) is 31.0 Å². The Morgan fingerprint density at radius 3 is 2.50 bits per heavy atom. The molecule has 0 aliphatic heterocycles. The van der Waals surface area contributed by atoms with Crippen LogP contribution in [0.1, 0.15) is 37.7 Å². The first-order valence-electron chi connectivity index (χ1n) is 6.81. The van der Waals surface area contributed by atoms with E-state index in [1.165, 1.54) is 6.07 Å². The maximum Gasteiger partial charge on any atom is 0.329 e. The quantitative estimate of drug-likeness (QED) is 0.869. The van der Waals surface area contributed by atoms with Crippen LogP contribution in [0.2, 0.25) is 0 Å². The highest BCUT2D eigenvalue weighted by atomic mass is 19.1. The highest BCUT2D eigenvalue weighted by Crippen LogP contribution is 2.30. The monoisotopic (exact) mass is 279 g/mol. The molecule has 1 aliphatic rings. The van der Waals surface area contributed by atoms with Gasteiger partial charge in [0.1, 0.15) is 11.4 Å². The molecule has 1 aliphatic carbocycles. The summed E-state index contributed by atoms with van der Waals surface area (Å²) in [5.41, 5.74) is -0.648. The number of benzene rings is 1. The predicted molar refractivity (Wildman–Crippen MR) is 71.7 cm³/mol. The van der Waals surface area contributed by atoms with Gasteiger partial charge in [0.25, 0.3) is 0 Å². The third-order valence-corrected chi connectivity index (χ3v) is 3.82. The SMILES string of the molecule is O=C(CCc1ccccc1F)NC1(C(=O)O)CCCC1. The Kier molecular flexibility index (Phi) is 4.37. The van der Waals surface area contributed by atoms with Crippen LogP contribution >= 0.6 is 0 Å². The number of carboxylic acids is 1. The molecular formula is C15H18FNO3. The molecule has 2 rings (SSSR count). The zero-order valence-electron chi connectivity index (χ0n) is 11.2. The second-order valence-electron chi connectivity index (χ2n) is 5.23. The van der Waals surface area contributed by atoms with Crippen molar-refractivity contribution in [3.8, 4) is 0 Å². The summed E-state index contributed by atoms with van der Waals surface area (Å²) in [6.07, 6.45) is 2.91. The first kappa shape index (κ1) is 14.5. The fourth-order valence-corrected chi connectivity index (χ4v) is 2.65. The average molecular weight is 279 g/mol. The van der Waals surface area contributed by atoms with Crippen molar-refractivity contribution in [1.29, 1.82) is 0 Å². The summed E-state index contributed by atoms with van der Waals surface area (Å²) < 4.78 is 13.4. The van der Waals surface area contributed by atoms with Crippen LogP contribution in [0.15, 0.2) is 24.3 Å². The molecule has 0 saturated heterocycles. The minimum Gasteiger partial charge on any atom is -0.480 e. The predicted octanol–water partition coefficient (Wildman–Crippen LogP) is 2.27. The smallest absolute Gasteiger partial charge is 0.329 e. The maximum atomic E-state index is 13.4. The van der Waals surface area contributed by atoms with Gasteiger partial charge in [-0.3, -0.25) is 4.79 Å². The lowest BCUT2D eigenvalue weighted by molar-refractivity contribution is -0.147. The molecule has 2 N–H and O–H groups in total. The van der Waals surface area contributed by atoms with Crippen molar-refractivity contribution in [2.24, 2.45) is 0 Å². The van der Waals surface area contributed by atoms with Crippen LogP contribution < -0.4 is 5.32 Å². The van der Waals surface area contributed by atoms with E-state index in [4.69, 9.17) is 0 Å². The fraction of sp³-hybridized carbons (Fsp3) is 0.467. The molecule has 4 nitrogen and oxygen atoms in total. The van der Waals surface area contributed by atoms with Crippen LogP contribution in [0, 0.1) is 5.82 Å². The van der Waals surface area contributed by atoms with E-state index >= 15 is 0 Å². The third kappa shape index (κ3) is 3.15. The van der Waals surface area contributed by atoms with Gasteiger partial charge in [0.15, 0.2) is 0 Å². The van der Waals surface area contributed by atoms with Crippen LogP contribution in [-0.2, 0) is 16.0 Å². The van der Waals surface area contributed by atoms with Gasteiger partial charge in [-0.05, 0) is 30.9 Å². The van der Waals surface area contributed by atoms with Gasteiger partial charge >= 0.3 is 5.97 Å². The molecular weight excluding hydrogens is 261 g/mol. The molecule has 0 unspecified atom stereocenters. The van der Waals surface area contributed by atoms with Crippen LogP contribution in [0.5, 0.6) is 0 Å². The summed E-state index contributed by atoms with van der Waals surface area (Å²) in [6.45, 7) is 0. The summed E-state index contributed by atoms with van der Waals surface area (Å²) >= 11 is 0. The normalized spacial score (nSPS) is 16.9. The van der Waals surface area contributed by atoms with Crippen molar-refractivity contribution in [2.45, 2.75) is 44.1 Å². The highest BCUT2D eigenvalue weighted by molar-refractivity contribution is 5.87. The molecule has 0 bridgehead atoms. The fourth-order valence-electron chi connectivity index (χ4n) is 2.65. The topological polar surface area (TPSA) is 66.4 Å². The molecule has 0 spiro atoms. The van der Waals surface area contributed by atoms with Gasteiger partial charge in [0, 0.05) is 6.42 Å². The molecule has 1 saturated carbocycles. The number of aliphatic carboxylic acids is 1. The first-order valence-corrected chi connectivity index (χ1v) is 6.81. The van der Waals surface area contributed by atoms with Gasteiger partial charge < -0.3 is 10.4 Å². The number of hydrogen-bond donors (Lipinski definition) is 2. The Morgan fingerprint density at radius 2 is 1.90 bits per heavy atom. The van der Waals surface area contributed by atoms with E-state index in [0.29, 0.717) is 18.4 Å². The molecule has 5 heteroatoms. The van der Waals surface area contributed by atoms with Gasteiger partial charge in [0.2, 0.25) is 5.91 Å². The summed E-state index contributed by atoms with van der Waals surface area (Å²) in [6, 6.07) is 6.29. The number of rotatable bonds is 5. The number of carbonyl (C=O) groups is 2. The first-order chi connectivity index (χ1) is 9.53. The molecule has 20 heavy (non-hydrogen) atoms. The number of halogens is 1. The molecule has 0 heterocycles. The molecule has 0 radical (unpaired) electrons. The van der Waals surface area contributed by atoms with Gasteiger partial charge in [-0.15, -0.1) is 0 Å². The maximum absolute atomic E-state index is 13.4. The van der Waals surface area contributed by atoms with E-state index in [9.17, 15) is 19.1 Å². The second kappa shape index (κ2) is 6.03. The highest BCUT2D eigenvalue weighted by Gasteiger charge is 2.42. The molecule has 1 aromatic carbocycles. The number of carboxylic acid groups (broad SMARTS) is 1. The Bertz CT molecular complexity index is 510. The van der Waals surface area contributed by atoms with Crippen LogP contribution in [0.3, 0.4) is 0 Å². The van der Waals surface area contributed by atoms with E-state index in [1.54, 1.807) is 18.2 Å². The Labute approximate surface area is 117 Å². The van der Waals surface area contributed by atoms with Gasteiger partial charge in [-0.2, -0.15) is 0 Å². The van der Waals surface area contributed by atoms with Crippen LogP contribution in [-0.4, -0.2) is 22.5 Å². The molecule has 0 atom stereocenters. The number of nitrogens with one attached hydrogen (secondary N) is 1. The van der Waals surface area contributed by atoms with Crippen molar-refractivity contribution < 1.29 is 19.1 Å². The molecule has 1 fully saturated rings. The van der Waals surface area contributed by atoms with Crippen molar-refractivity contribution >= 4 is 11.9 Å². The minimum atomic E-state index is -1.12. The lowest BCUT2D eigenvalue weighted by Crippen LogP contribution is -2.52. The standard InChI is InChI=1S/C15H18FNO3/c16-12-6-2-1-5-11(12)7-8-13(18)17-15(14(19)20)9-3-4-10-15/h1-2,5-6H,3-4,7-10H2,(H,17,18)(H,19,20). The molecule has 0 aromatic heterocycles. The van der Waals surface area contributed by atoms with E-state index in [0.717, 1.165) is 12.8 Å². The van der Waals surface area contributed by atoms with E-state index in [2.05, 4.69) is 5.32 Å². The molecule has 108 valence electrons. The number of aryl methyl sites for hydroxylation is 1. The lowest BCUT2D eigenvalue weighted by Gasteiger charge is -2.25. The summed E-state index contributed by atoms with van der Waals surface area (Å²) in [7, 11) is 0. The molecule has 1 aromatic rings. The number of amides is 1. The van der Waals surface area contributed by atoms with E-state index in [1.807, 2.05) is 0 Å². The Hall–Kier alpha value is -1.91. The largest absolute Gasteiger partial charge is 0.480 e. The van der Waals surface area contributed by atoms with Crippen LogP contribution in [0.25, 0.3) is 0 Å². The summed E-state index contributed by atoms with van der Waals surface area (Å²) in [5, 5.41) is 11.9. The zero-order valence-corrected chi connectivity index (χ0v) is 11.2.